The Kier molecular flexibility index (Phi) is 6.13. The molecule has 1 aliphatic rings. The molecule has 1 atom stereocenters. The second-order valence-corrected chi connectivity index (χ2v) is 8.58. The van der Waals surface area contributed by atoms with Crippen molar-refractivity contribution in [3.8, 4) is 0 Å². The van der Waals surface area contributed by atoms with Crippen molar-refractivity contribution in [3.05, 3.63) is 77.0 Å². The van der Waals surface area contributed by atoms with Gasteiger partial charge >= 0.3 is 11.9 Å². The minimum atomic E-state index is -1.69. The Balaban J connectivity index is 1.88. The summed E-state index contributed by atoms with van der Waals surface area (Å²) in [5.74, 6) is -1.09. The highest BCUT2D eigenvalue weighted by Crippen LogP contribution is 2.45. The minimum absolute atomic E-state index is 0.179. The lowest BCUT2D eigenvalue weighted by Gasteiger charge is -2.41. The standard InChI is InChI=1S/C25H28O5/c1-17(2)30-23(27)25(28)14-13-24(3,4)20-11-10-18(16-21(20)25)12-15-29-22(26)19-8-6-5-7-9-19/h5-12,15-17,28H,13-14H2,1-4H3/b15-12+. The molecule has 2 aromatic carbocycles. The first-order valence-corrected chi connectivity index (χ1v) is 10.1. The third-order valence-corrected chi connectivity index (χ3v) is 5.46. The lowest BCUT2D eigenvalue weighted by molar-refractivity contribution is -0.173. The number of carbonyl (C=O) groups is 2. The Hall–Kier alpha value is -2.92. The molecular formula is C25H28O5. The van der Waals surface area contributed by atoms with Crippen LogP contribution in [0.2, 0.25) is 0 Å². The van der Waals surface area contributed by atoms with Crippen molar-refractivity contribution in [1.82, 2.24) is 0 Å². The normalized spacial score (nSPS) is 20.1. The van der Waals surface area contributed by atoms with Gasteiger partial charge in [-0.2, -0.15) is 0 Å². The van der Waals surface area contributed by atoms with Gasteiger partial charge in [0.05, 0.1) is 17.9 Å². The first kappa shape index (κ1) is 21.8. The van der Waals surface area contributed by atoms with Crippen LogP contribution in [-0.2, 0) is 25.3 Å². The van der Waals surface area contributed by atoms with Crippen molar-refractivity contribution in [2.45, 2.75) is 57.7 Å². The number of esters is 2. The van der Waals surface area contributed by atoms with Gasteiger partial charge in [-0.25, -0.2) is 9.59 Å². The number of ether oxygens (including phenoxy) is 2. The van der Waals surface area contributed by atoms with E-state index in [4.69, 9.17) is 9.47 Å². The predicted molar refractivity (Wildman–Crippen MR) is 115 cm³/mol. The van der Waals surface area contributed by atoms with E-state index in [0.717, 1.165) is 5.56 Å². The summed E-state index contributed by atoms with van der Waals surface area (Å²) in [6.45, 7) is 7.71. The van der Waals surface area contributed by atoms with Crippen LogP contribution in [0.25, 0.3) is 6.08 Å². The van der Waals surface area contributed by atoms with Crippen LogP contribution in [0.5, 0.6) is 0 Å². The van der Waals surface area contributed by atoms with Gasteiger partial charge in [-0.3, -0.25) is 0 Å². The fraction of sp³-hybridized carbons (Fsp3) is 0.360. The molecule has 2 aromatic rings. The highest BCUT2D eigenvalue weighted by atomic mass is 16.6. The summed E-state index contributed by atoms with van der Waals surface area (Å²) in [5, 5.41) is 11.3. The fourth-order valence-corrected chi connectivity index (χ4v) is 3.70. The Morgan fingerprint density at radius 1 is 1.03 bits per heavy atom. The van der Waals surface area contributed by atoms with E-state index in [2.05, 4.69) is 13.8 Å². The Bertz CT molecular complexity index is 959. The molecule has 5 nitrogen and oxygen atoms in total. The number of fused-ring (bicyclic) bond motifs is 1. The van der Waals surface area contributed by atoms with Gasteiger partial charge in [-0.1, -0.05) is 44.2 Å². The van der Waals surface area contributed by atoms with Gasteiger partial charge in [0.15, 0.2) is 5.60 Å². The maximum Gasteiger partial charge on any atom is 0.343 e. The molecule has 158 valence electrons. The van der Waals surface area contributed by atoms with Gasteiger partial charge in [0.1, 0.15) is 0 Å². The second-order valence-electron chi connectivity index (χ2n) is 8.58. The highest BCUT2D eigenvalue weighted by Gasteiger charge is 2.48. The average Bonchev–Trinajstić information content (AvgIpc) is 2.71. The smallest absolute Gasteiger partial charge is 0.343 e. The van der Waals surface area contributed by atoms with Gasteiger partial charge in [0.2, 0.25) is 0 Å². The minimum Gasteiger partial charge on any atom is -0.461 e. The molecule has 0 aromatic heterocycles. The molecule has 5 heteroatoms. The van der Waals surface area contributed by atoms with Gasteiger partial charge < -0.3 is 14.6 Å². The summed E-state index contributed by atoms with van der Waals surface area (Å²) >= 11 is 0. The molecule has 0 radical (unpaired) electrons. The molecule has 0 bridgehead atoms. The molecule has 0 saturated carbocycles. The first-order chi connectivity index (χ1) is 14.1. The summed E-state index contributed by atoms with van der Waals surface area (Å²) in [6.07, 6.45) is 3.58. The zero-order valence-corrected chi connectivity index (χ0v) is 17.8. The highest BCUT2D eigenvalue weighted by molar-refractivity contribution is 5.90. The van der Waals surface area contributed by atoms with E-state index < -0.39 is 17.5 Å². The lowest BCUT2D eigenvalue weighted by atomic mass is 9.66. The van der Waals surface area contributed by atoms with Crippen LogP contribution in [0.4, 0.5) is 0 Å². The third-order valence-electron chi connectivity index (χ3n) is 5.46. The van der Waals surface area contributed by atoms with E-state index in [1.807, 2.05) is 18.2 Å². The summed E-state index contributed by atoms with van der Waals surface area (Å²) < 4.78 is 10.5. The predicted octanol–water partition coefficient (Wildman–Crippen LogP) is 4.72. The quantitative estimate of drug-likeness (QED) is 0.572. The summed E-state index contributed by atoms with van der Waals surface area (Å²) in [7, 11) is 0. The molecule has 1 aliphatic carbocycles. The zero-order valence-electron chi connectivity index (χ0n) is 17.8. The van der Waals surface area contributed by atoms with Gasteiger partial charge in [0, 0.05) is 0 Å². The molecule has 0 spiro atoms. The zero-order chi connectivity index (χ0) is 21.9. The van der Waals surface area contributed by atoms with Crippen LogP contribution < -0.4 is 0 Å². The van der Waals surface area contributed by atoms with Crippen molar-refractivity contribution in [1.29, 1.82) is 0 Å². The van der Waals surface area contributed by atoms with E-state index >= 15 is 0 Å². The number of carbonyl (C=O) groups excluding carboxylic acids is 2. The number of hydrogen-bond acceptors (Lipinski definition) is 5. The molecular weight excluding hydrogens is 380 g/mol. The Morgan fingerprint density at radius 3 is 2.40 bits per heavy atom. The molecule has 0 heterocycles. The summed E-state index contributed by atoms with van der Waals surface area (Å²) in [4.78, 5) is 24.8. The topological polar surface area (TPSA) is 72.8 Å². The van der Waals surface area contributed by atoms with Crippen LogP contribution in [0.3, 0.4) is 0 Å². The van der Waals surface area contributed by atoms with Gasteiger partial charge in [-0.05, 0) is 73.1 Å². The van der Waals surface area contributed by atoms with Crippen LogP contribution >= 0.6 is 0 Å². The Morgan fingerprint density at radius 2 is 1.73 bits per heavy atom. The maximum absolute atomic E-state index is 12.7. The summed E-state index contributed by atoms with van der Waals surface area (Å²) in [5.41, 5.74) is 0.751. The van der Waals surface area contributed by atoms with E-state index in [0.29, 0.717) is 23.1 Å². The number of benzene rings is 2. The number of aliphatic hydroxyl groups is 1. The molecule has 0 aliphatic heterocycles. The van der Waals surface area contributed by atoms with E-state index in [1.54, 1.807) is 50.3 Å². The van der Waals surface area contributed by atoms with E-state index in [1.165, 1.54) is 6.26 Å². The maximum atomic E-state index is 12.7. The molecule has 1 N–H and O–H groups in total. The second kappa shape index (κ2) is 8.44. The molecule has 0 amide bonds. The van der Waals surface area contributed by atoms with Crippen LogP contribution in [-0.4, -0.2) is 23.1 Å². The van der Waals surface area contributed by atoms with Crippen molar-refractivity contribution in [2.75, 3.05) is 0 Å². The van der Waals surface area contributed by atoms with Gasteiger partial charge in [-0.15, -0.1) is 0 Å². The molecule has 0 saturated heterocycles. The van der Waals surface area contributed by atoms with E-state index in [9.17, 15) is 14.7 Å². The molecule has 1 unspecified atom stereocenters. The lowest BCUT2D eigenvalue weighted by Crippen LogP contribution is -2.45. The van der Waals surface area contributed by atoms with E-state index in [-0.39, 0.29) is 17.9 Å². The fourth-order valence-electron chi connectivity index (χ4n) is 3.70. The largest absolute Gasteiger partial charge is 0.461 e. The van der Waals surface area contributed by atoms with Crippen molar-refractivity contribution in [3.63, 3.8) is 0 Å². The molecule has 3 rings (SSSR count). The SMILES string of the molecule is CC(C)OC(=O)C1(O)CCC(C)(C)c2ccc(/C=C/OC(=O)c3ccccc3)cc21. The van der Waals surface area contributed by atoms with Crippen molar-refractivity contribution < 1.29 is 24.2 Å². The van der Waals surface area contributed by atoms with Gasteiger partial charge in [0.25, 0.3) is 0 Å². The van der Waals surface area contributed by atoms with Crippen LogP contribution in [0.1, 0.15) is 67.6 Å². The molecule has 30 heavy (non-hydrogen) atoms. The monoisotopic (exact) mass is 408 g/mol. The van der Waals surface area contributed by atoms with Crippen LogP contribution in [0, 0.1) is 0 Å². The average molecular weight is 408 g/mol. The number of rotatable bonds is 5. The third kappa shape index (κ3) is 4.46. The van der Waals surface area contributed by atoms with Crippen molar-refractivity contribution >= 4 is 18.0 Å². The molecule has 0 fully saturated rings. The number of hydrogen-bond donors (Lipinski definition) is 1. The Labute approximate surface area is 177 Å². The van der Waals surface area contributed by atoms with Crippen molar-refractivity contribution in [2.24, 2.45) is 0 Å². The first-order valence-electron chi connectivity index (χ1n) is 10.1. The van der Waals surface area contributed by atoms with Crippen LogP contribution in [0.15, 0.2) is 54.8 Å². The summed E-state index contributed by atoms with van der Waals surface area (Å²) in [6, 6.07) is 14.3.